The molecule has 0 spiro atoms. The van der Waals surface area contributed by atoms with Crippen LogP contribution in [0.2, 0.25) is 5.02 Å². The van der Waals surface area contributed by atoms with Gasteiger partial charge in [-0.25, -0.2) is 0 Å². The molecule has 2 heterocycles. The molecule has 2 aliphatic heterocycles. The molecule has 2 saturated heterocycles. The highest BCUT2D eigenvalue weighted by atomic mass is 35.5. The molecule has 142 valence electrons. The maximum atomic E-state index is 12.9. The zero-order valence-electron chi connectivity index (χ0n) is 15.8. The van der Waals surface area contributed by atoms with Gasteiger partial charge in [0.2, 0.25) is 11.8 Å². The van der Waals surface area contributed by atoms with E-state index >= 15 is 0 Å². The first kappa shape index (κ1) is 19.2. The van der Waals surface area contributed by atoms with Crippen LogP contribution in [-0.4, -0.2) is 60.9 Å². The molecule has 1 aromatic carbocycles. The lowest BCUT2D eigenvalue weighted by Crippen LogP contribution is -2.49. The molecule has 2 fully saturated rings. The van der Waals surface area contributed by atoms with Crippen LogP contribution in [0, 0.1) is 11.8 Å². The molecule has 0 bridgehead atoms. The molecule has 0 N–H and O–H groups in total. The molecule has 1 aromatic rings. The Labute approximate surface area is 160 Å². The van der Waals surface area contributed by atoms with Gasteiger partial charge in [0.25, 0.3) is 0 Å². The molecule has 26 heavy (non-hydrogen) atoms. The Morgan fingerprint density at radius 1 is 1.23 bits per heavy atom. The van der Waals surface area contributed by atoms with Gasteiger partial charge in [0.1, 0.15) is 0 Å². The Kier molecular flexibility index (Phi) is 5.88. The summed E-state index contributed by atoms with van der Waals surface area (Å²) in [6.45, 7) is 6.95. The third-order valence-electron chi connectivity index (χ3n) is 5.46. The van der Waals surface area contributed by atoms with Crippen molar-refractivity contribution in [1.82, 2.24) is 9.80 Å². The van der Waals surface area contributed by atoms with Gasteiger partial charge in [0.05, 0.1) is 23.3 Å². The minimum atomic E-state index is -0.269. The van der Waals surface area contributed by atoms with Crippen molar-refractivity contribution < 1.29 is 9.59 Å². The number of carbonyl (C=O) groups is 2. The van der Waals surface area contributed by atoms with E-state index in [0.717, 1.165) is 18.8 Å². The summed E-state index contributed by atoms with van der Waals surface area (Å²) in [4.78, 5) is 31.2. The number of para-hydroxylation sites is 1. The number of benzene rings is 1. The van der Waals surface area contributed by atoms with Gasteiger partial charge in [-0.1, -0.05) is 37.6 Å². The number of likely N-dealkylation sites (N-methyl/N-ethyl adjacent to an activating group) is 1. The van der Waals surface area contributed by atoms with Gasteiger partial charge in [-0.05, 0) is 43.9 Å². The second-order valence-corrected chi connectivity index (χ2v) is 8.31. The molecule has 0 aliphatic carbocycles. The first-order valence-electron chi connectivity index (χ1n) is 9.40. The molecular formula is C20H28ClN3O2. The van der Waals surface area contributed by atoms with Crippen molar-refractivity contribution in [2.24, 2.45) is 11.8 Å². The molecule has 3 rings (SSSR count). The van der Waals surface area contributed by atoms with Crippen LogP contribution in [0.3, 0.4) is 0 Å². The van der Waals surface area contributed by atoms with Crippen LogP contribution in [0.15, 0.2) is 24.3 Å². The van der Waals surface area contributed by atoms with Gasteiger partial charge >= 0.3 is 0 Å². The van der Waals surface area contributed by atoms with Crippen LogP contribution in [-0.2, 0) is 9.59 Å². The van der Waals surface area contributed by atoms with E-state index in [1.807, 2.05) is 35.0 Å². The minimum absolute atomic E-state index is 0.0220. The quantitative estimate of drug-likeness (QED) is 0.810. The van der Waals surface area contributed by atoms with Crippen molar-refractivity contribution in [3.8, 4) is 0 Å². The van der Waals surface area contributed by atoms with E-state index in [1.165, 1.54) is 6.42 Å². The molecule has 3 atom stereocenters. The second-order valence-electron chi connectivity index (χ2n) is 7.91. The second kappa shape index (κ2) is 7.97. The van der Waals surface area contributed by atoms with E-state index in [0.29, 0.717) is 29.8 Å². The number of halogens is 1. The Morgan fingerprint density at radius 3 is 2.54 bits per heavy atom. The highest BCUT2D eigenvalue weighted by Gasteiger charge is 2.37. The minimum Gasteiger partial charge on any atom is -0.341 e. The van der Waals surface area contributed by atoms with Crippen LogP contribution < -0.4 is 4.90 Å². The summed E-state index contributed by atoms with van der Waals surface area (Å²) in [6.07, 6.45) is 1.88. The average Bonchev–Trinajstić information content (AvgIpc) is 2.96. The van der Waals surface area contributed by atoms with E-state index in [1.54, 1.807) is 11.0 Å². The van der Waals surface area contributed by atoms with E-state index in [2.05, 4.69) is 13.8 Å². The number of nitrogens with zero attached hydrogens (tertiary/aromatic N) is 3. The molecular weight excluding hydrogens is 350 g/mol. The Bertz CT molecular complexity index is 671. The van der Waals surface area contributed by atoms with Crippen LogP contribution >= 0.6 is 11.6 Å². The zero-order valence-corrected chi connectivity index (χ0v) is 16.6. The number of hydrogen-bond acceptors (Lipinski definition) is 3. The normalized spacial score (nSPS) is 26.7. The number of piperidine rings is 1. The van der Waals surface area contributed by atoms with E-state index in [4.69, 9.17) is 11.6 Å². The van der Waals surface area contributed by atoms with Gasteiger partial charge in [0, 0.05) is 19.6 Å². The lowest BCUT2D eigenvalue weighted by molar-refractivity contribution is -0.135. The molecule has 2 amide bonds. The van der Waals surface area contributed by atoms with Crippen molar-refractivity contribution in [2.75, 3.05) is 38.1 Å². The van der Waals surface area contributed by atoms with Crippen LogP contribution in [0.5, 0.6) is 0 Å². The van der Waals surface area contributed by atoms with Crippen LogP contribution in [0.4, 0.5) is 5.69 Å². The zero-order chi connectivity index (χ0) is 18.8. The lowest BCUT2D eigenvalue weighted by Gasteiger charge is -2.36. The monoisotopic (exact) mass is 377 g/mol. The Hall–Kier alpha value is -1.59. The number of carbonyl (C=O) groups excluding carboxylic acids is 2. The summed E-state index contributed by atoms with van der Waals surface area (Å²) in [6, 6.07) is 7.13. The fourth-order valence-electron chi connectivity index (χ4n) is 4.27. The van der Waals surface area contributed by atoms with Gasteiger partial charge in [-0.3, -0.25) is 14.5 Å². The topological polar surface area (TPSA) is 43.9 Å². The van der Waals surface area contributed by atoms with Crippen molar-refractivity contribution in [2.45, 2.75) is 32.7 Å². The molecule has 3 unspecified atom stereocenters. The van der Waals surface area contributed by atoms with Gasteiger partial charge in [-0.15, -0.1) is 0 Å². The highest BCUT2D eigenvalue weighted by molar-refractivity contribution is 6.33. The predicted molar refractivity (Wildman–Crippen MR) is 104 cm³/mol. The maximum absolute atomic E-state index is 12.9. The van der Waals surface area contributed by atoms with Gasteiger partial charge in [0.15, 0.2) is 0 Å². The predicted octanol–water partition coefficient (Wildman–Crippen LogP) is 2.88. The number of hydrogen-bond donors (Lipinski definition) is 0. The van der Waals surface area contributed by atoms with Crippen molar-refractivity contribution in [1.29, 1.82) is 0 Å². The number of rotatable bonds is 4. The smallest absolute Gasteiger partial charge is 0.244 e. The standard InChI is InChI=1S/C20H28ClN3O2/c1-14-10-15(2)12-23(11-14)19(25)13-22(3)18-8-9-24(20(18)26)17-7-5-4-6-16(17)21/h4-7,14-15,18H,8-13H2,1-3H3. The fraction of sp³-hybridized carbons (Fsp3) is 0.600. The third kappa shape index (κ3) is 4.04. The summed E-state index contributed by atoms with van der Waals surface area (Å²) < 4.78 is 0. The molecule has 0 aromatic heterocycles. The van der Waals surface area contributed by atoms with Crippen LogP contribution in [0.25, 0.3) is 0 Å². The Balaban J connectivity index is 1.62. The molecule has 6 heteroatoms. The molecule has 0 saturated carbocycles. The van der Waals surface area contributed by atoms with Gasteiger partial charge in [-0.2, -0.15) is 0 Å². The summed E-state index contributed by atoms with van der Waals surface area (Å²) >= 11 is 6.24. The summed E-state index contributed by atoms with van der Waals surface area (Å²) in [7, 11) is 1.87. The largest absolute Gasteiger partial charge is 0.341 e. The molecule has 0 radical (unpaired) electrons. The van der Waals surface area contributed by atoms with E-state index in [-0.39, 0.29) is 24.4 Å². The molecule has 2 aliphatic rings. The van der Waals surface area contributed by atoms with Crippen LogP contribution in [0.1, 0.15) is 26.7 Å². The lowest BCUT2D eigenvalue weighted by atomic mass is 9.92. The van der Waals surface area contributed by atoms with Crippen molar-refractivity contribution >= 4 is 29.1 Å². The summed E-state index contributed by atoms with van der Waals surface area (Å²) in [5.74, 6) is 1.22. The molecule has 5 nitrogen and oxygen atoms in total. The SMILES string of the molecule is CC1CC(C)CN(C(=O)CN(C)C2CCN(c3ccccc3Cl)C2=O)C1. The highest BCUT2D eigenvalue weighted by Crippen LogP contribution is 2.30. The number of anilines is 1. The average molecular weight is 378 g/mol. The van der Waals surface area contributed by atoms with Gasteiger partial charge < -0.3 is 9.80 Å². The number of likely N-dealkylation sites (tertiary alicyclic amines) is 1. The van der Waals surface area contributed by atoms with Crippen molar-refractivity contribution in [3.05, 3.63) is 29.3 Å². The first-order valence-corrected chi connectivity index (χ1v) is 9.78. The van der Waals surface area contributed by atoms with E-state index in [9.17, 15) is 9.59 Å². The fourth-order valence-corrected chi connectivity index (χ4v) is 4.51. The summed E-state index contributed by atoms with van der Waals surface area (Å²) in [5.41, 5.74) is 0.750. The number of amides is 2. The Morgan fingerprint density at radius 2 is 1.88 bits per heavy atom. The first-order chi connectivity index (χ1) is 12.4. The van der Waals surface area contributed by atoms with E-state index < -0.39 is 0 Å². The third-order valence-corrected chi connectivity index (χ3v) is 5.78. The van der Waals surface area contributed by atoms with Crippen molar-refractivity contribution in [3.63, 3.8) is 0 Å². The summed E-state index contributed by atoms with van der Waals surface area (Å²) in [5, 5.41) is 0.580. The maximum Gasteiger partial charge on any atom is 0.244 e.